The van der Waals surface area contributed by atoms with Crippen molar-refractivity contribution in [2.75, 3.05) is 11.3 Å². The van der Waals surface area contributed by atoms with Crippen LogP contribution in [-0.2, 0) is 10.0 Å². The van der Waals surface area contributed by atoms with Gasteiger partial charge in [-0.1, -0.05) is 30.3 Å². The number of hydrogen-bond donors (Lipinski definition) is 2. The Morgan fingerprint density at radius 2 is 1.86 bits per heavy atom. The van der Waals surface area contributed by atoms with E-state index in [0.717, 1.165) is 11.3 Å². The number of hydrogen-bond acceptors (Lipinski definition) is 6. The van der Waals surface area contributed by atoms with Crippen LogP contribution in [0.5, 0.6) is 5.75 Å². The summed E-state index contributed by atoms with van der Waals surface area (Å²) in [5.74, 6) is 0.108. The van der Waals surface area contributed by atoms with E-state index in [1.807, 2.05) is 25.1 Å². The molecule has 1 amide bonds. The van der Waals surface area contributed by atoms with Crippen LogP contribution in [0.4, 0.5) is 5.69 Å². The highest BCUT2D eigenvalue weighted by molar-refractivity contribution is 7.94. The summed E-state index contributed by atoms with van der Waals surface area (Å²) in [5, 5.41) is 5.64. The maximum absolute atomic E-state index is 12.6. The maximum atomic E-state index is 12.6. The zero-order valence-electron chi connectivity index (χ0n) is 15.5. The number of benzene rings is 2. The second kappa shape index (κ2) is 9.35. The Morgan fingerprint density at radius 3 is 2.62 bits per heavy atom. The van der Waals surface area contributed by atoms with Gasteiger partial charge in [-0.2, -0.15) is 5.10 Å². The van der Waals surface area contributed by atoms with Gasteiger partial charge in [0, 0.05) is 5.56 Å². The normalized spacial score (nSPS) is 11.3. The fourth-order valence-electron chi connectivity index (χ4n) is 2.48. The van der Waals surface area contributed by atoms with Crippen molar-refractivity contribution in [3.8, 4) is 5.75 Å². The van der Waals surface area contributed by atoms with Crippen molar-refractivity contribution in [2.45, 2.75) is 11.1 Å². The van der Waals surface area contributed by atoms with Crippen molar-refractivity contribution in [2.24, 2.45) is 5.10 Å². The summed E-state index contributed by atoms with van der Waals surface area (Å²) in [5.41, 5.74) is 3.46. The zero-order valence-corrected chi connectivity index (χ0v) is 17.2. The summed E-state index contributed by atoms with van der Waals surface area (Å²) in [7, 11) is -3.77. The summed E-state index contributed by atoms with van der Waals surface area (Å²) in [6.45, 7) is 2.39. The molecule has 7 nitrogen and oxygen atoms in total. The number of para-hydroxylation sites is 2. The predicted octanol–water partition coefficient (Wildman–Crippen LogP) is 3.71. The molecule has 0 aliphatic heterocycles. The van der Waals surface area contributed by atoms with Gasteiger partial charge in [-0.3, -0.25) is 9.52 Å². The molecule has 0 unspecified atom stereocenters. The zero-order chi connectivity index (χ0) is 20.7. The Balaban J connectivity index is 1.76. The second-order valence-electron chi connectivity index (χ2n) is 5.75. The van der Waals surface area contributed by atoms with E-state index in [4.69, 9.17) is 4.74 Å². The molecule has 2 aromatic carbocycles. The van der Waals surface area contributed by atoms with Gasteiger partial charge in [0.05, 0.1) is 24.1 Å². The Morgan fingerprint density at radius 1 is 1.10 bits per heavy atom. The van der Waals surface area contributed by atoms with Crippen LogP contribution in [0.2, 0.25) is 0 Å². The lowest BCUT2D eigenvalue weighted by molar-refractivity contribution is 0.0956. The molecule has 1 heterocycles. The Labute approximate surface area is 173 Å². The second-order valence-corrected chi connectivity index (χ2v) is 8.61. The summed E-state index contributed by atoms with van der Waals surface area (Å²) in [6.07, 6.45) is 1.47. The number of hydrazone groups is 1. The van der Waals surface area contributed by atoms with E-state index in [2.05, 4.69) is 15.2 Å². The molecule has 0 fully saturated rings. The fourth-order valence-corrected chi connectivity index (χ4v) is 4.55. The first-order valence-corrected chi connectivity index (χ1v) is 11.1. The molecule has 0 bridgehead atoms. The van der Waals surface area contributed by atoms with Gasteiger partial charge in [0.2, 0.25) is 0 Å². The lowest BCUT2D eigenvalue weighted by Gasteiger charge is -2.10. The van der Waals surface area contributed by atoms with Crippen molar-refractivity contribution in [1.82, 2.24) is 5.43 Å². The number of amides is 1. The number of nitrogens with one attached hydrogen (secondary N) is 2. The molecule has 0 saturated carbocycles. The van der Waals surface area contributed by atoms with Gasteiger partial charge in [-0.15, -0.1) is 11.3 Å². The molecule has 3 rings (SSSR count). The van der Waals surface area contributed by atoms with E-state index < -0.39 is 15.9 Å². The Hall–Kier alpha value is -3.17. The van der Waals surface area contributed by atoms with E-state index >= 15 is 0 Å². The van der Waals surface area contributed by atoms with Gasteiger partial charge in [0.25, 0.3) is 15.9 Å². The van der Waals surface area contributed by atoms with Crippen molar-refractivity contribution < 1.29 is 17.9 Å². The third-order valence-electron chi connectivity index (χ3n) is 3.76. The van der Waals surface area contributed by atoms with E-state index in [0.29, 0.717) is 17.9 Å². The first-order chi connectivity index (χ1) is 14.0. The van der Waals surface area contributed by atoms with Crippen molar-refractivity contribution in [3.05, 3.63) is 77.2 Å². The van der Waals surface area contributed by atoms with Crippen LogP contribution in [0.25, 0.3) is 0 Å². The third-order valence-corrected chi connectivity index (χ3v) is 6.53. The van der Waals surface area contributed by atoms with Crippen LogP contribution in [0.15, 0.2) is 75.4 Å². The van der Waals surface area contributed by atoms with Crippen LogP contribution in [-0.4, -0.2) is 27.1 Å². The largest absolute Gasteiger partial charge is 0.493 e. The summed E-state index contributed by atoms with van der Waals surface area (Å²) >= 11 is 1.09. The predicted molar refractivity (Wildman–Crippen MR) is 114 cm³/mol. The minimum Gasteiger partial charge on any atom is -0.493 e. The molecule has 9 heteroatoms. The molecule has 150 valence electrons. The first-order valence-electron chi connectivity index (χ1n) is 8.72. The number of ether oxygens (including phenoxy) is 1. The molecular weight excluding hydrogens is 410 g/mol. The molecule has 3 aromatic rings. The average molecular weight is 430 g/mol. The van der Waals surface area contributed by atoms with E-state index in [1.165, 1.54) is 24.4 Å². The molecule has 0 spiro atoms. The molecule has 0 saturated heterocycles. The molecule has 29 heavy (non-hydrogen) atoms. The van der Waals surface area contributed by atoms with Crippen molar-refractivity contribution in [3.63, 3.8) is 0 Å². The number of anilines is 1. The van der Waals surface area contributed by atoms with Gasteiger partial charge in [0.15, 0.2) is 0 Å². The molecule has 0 aliphatic carbocycles. The SMILES string of the molecule is CCOc1ccccc1/C=N\NC(=O)c1ccccc1NS(=O)(=O)c1cccs1. The number of sulfonamides is 1. The van der Waals surface area contributed by atoms with Gasteiger partial charge in [-0.25, -0.2) is 13.8 Å². The minimum absolute atomic E-state index is 0.155. The maximum Gasteiger partial charge on any atom is 0.273 e. The highest BCUT2D eigenvalue weighted by Gasteiger charge is 2.19. The number of carbonyl (C=O) groups is 1. The molecule has 2 N–H and O–H groups in total. The Bertz CT molecular complexity index is 1110. The molecule has 0 aliphatic rings. The van der Waals surface area contributed by atoms with Crippen molar-refractivity contribution in [1.29, 1.82) is 0 Å². The van der Waals surface area contributed by atoms with Gasteiger partial charge in [0.1, 0.15) is 9.96 Å². The van der Waals surface area contributed by atoms with Crippen LogP contribution in [0, 0.1) is 0 Å². The van der Waals surface area contributed by atoms with Crippen LogP contribution in [0.3, 0.4) is 0 Å². The number of carbonyl (C=O) groups excluding carboxylic acids is 1. The lowest BCUT2D eigenvalue weighted by atomic mass is 10.2. The fraction of sp³-hybridized carbons (Fsp3) is 0.100. The van der Waals surface area contributed by atoms with Gasteiger partial charge < -0.3 is 4.74 Å². The topological polar surface area (TPSA) is 96.9 Å². The van der Waals surface area contributed by atoms with Crippen LogP contribution < -0.4 is 14.9 Å². The summed E-state index contributed by atoms with van der Waals surface area (Å²) in [6, 6.07) is 16.8. The lowest BCUT2D eigenvalue weighted by Crippen LogP contribution is -2.21. The minimum atomic E-state index is -3.77. The van der Waals surface area contributed by atoms with Crippen molar-refractivity contribution >= 4 is 39.2 Å². The summed E-state index contributed by atoms with van der Waals surface area (Å²) < 4.78 is 33.0. The molecule has 0 atom stereocenters. The standard InChI is InChI=1S/C20H19N3O4S2/c1-2-27-18-11-6-3-8-15(18)14-21-22-20(24)16-9-4-5-10-17(16)23-29(25,26)19-12-7-13-28-19/h3-14,23H,2H2,1H3,(H,22,24)/b21-14-. The molecule has 0 radical (unpaired) electrons. The summed E-state index contributed by atoms with van der Waals surface area (Å²) in [4.78, 5) is 12.6. The van der Waals surface area contributed by atoms with Gasteiger partial charge in [-0.05, 0) is 42.6 Å². The first kappa shape index (κ1) is 20.6. The van der Waals surface area contributed by atoms with Gasteiger partial charge >= 0.3 is 0 Å². The highest BCUT2D eigenvalue weighted by atomic mass is 32.2. The smallest absolute Gasteiger partial charge is 0.273 e. The Kier molecular flexibility index (Phi) is 6.63. The van der Waals surface area contributed by atoms with Crippen LogP contribution in [0.1, 0.15) is 22.8 Å². The molecule has 1 aromatic heterocycles. The number of thiophene rings is 1. The van der Waals surface area contributed by atoms with E-state index in [9.17, 15) is 13.2 Å². The van der Waals surface area contributed by atoms with Crippen LogP contribution >= 0.6 is 11.3 Å². The number of nitrogens with zero attached hydrogens (tertiary/aromatic N) is 1. The van der Waals surface area contributed by atoms with E-state index in [-0.39, 0.29) is 15.5 Å². The average Bonchev–Trinajstić information content (AvgIpc) is 3.25. The van der Waals surface area contributed by atoms with E-state index in [1.54, 1.807) is 29.6 Å². The number of rotatable bonds is 8. The third kappa shape index (κ3) is 5.21. The monoisotopic (exact) mass is 429 g/mol. The molecular formula is C20H19N3O4S2. The highest BCUT2D eigenvalue weighted by Crippen LogP contribution is 2.23. The quantitative estimate of drug-likeness (QED) is 0.421.